The van der Waals surface area contributed by atoms with Crippen LogP contribution in [-0.2, 0) is 23.1 Å². The zero-order valence-electron chi connectivity index (χ0n) is 16.7. The van der Waals surface area contributed by atoms with Gasteiger partial charge in [0.15, 0.2) is 5.12 Å². The molecule has 0 radical (unpaired) electrons. The Bertz CT molecular complexity index is 856. The van der Waals surface area contributed by atoms with Gasteiger partial charge in [-0.2, -0.15) is 0 Å². The molecule has 1 aromatic heterocycles. The van der Waals surface area contributed by atoms with Gasteiger partial charge in [0.1, 0.15) is 19.4 Å². The van der Waals surface area contributed by atoms with E-state index in [-0.39, 0.29) is 43.2 Å². The molecule has 11 nitrogen and oxygen atoms in total. The lowest BCUT2D eigenvalue weighted by Gasteiger charge is -2.18. The largest absolute Gasteiger partial charge is 0.697 e. The number of aliphatic hydroxyl groups excluding tert-OH is 2. The summed E-state index contributed by atoms with van der Waals surface area (Å²) < 4.78 is 29.0. The van der Waals surface area contributed by atoms with Crippen molar-refractivity contribution in [3.8, 4) is 0 Å². The summed E-state index contributed by atoms with van der Waals surface area (Å²) in [6.07, 6.45) is 0.302. The standard InChI is InChI=1S/C17H25N2O9PS/c1-17(2,10-21)15(23)30-6-5-26-29(25)27-9-12-11(8-20)7-14(28-12)19-4-3-13(22)18-16(19)24/h3-4,11-12,14,20-21H,5-10H2,1-2H3/p+1. The number of carbonyl (C=O) groups excluding carboxylic acids is 1. The Hall–Kier alpha value is -1.40. The molecule has 1 fully saturated rings. The molecule has 4 atom stereocenters. The van der Waals surface area contributed by atoms with Crippen LogP contribution in [0.5, 0.6) is 0 Å². The lowest BCUT2D eigenvalue weighted by Crippen LogP contribution is -2.31. The lowest BCUT2D eigenvalue weighted by molar-refractivity contribution is -0.119. The van der Waals surface area contributed by atoms with Crippen molar-refractivity contribution in [2.24, 2.45) is 11.3 Å². The Morgan fingerprint density at radius 2 is 2.13 bits per heavy atom. The average Bonchev–Trinajstić information content (AvgIpc) is 3.12. The van der Waals surface area contributed by atoms with E-state index in [9.17, 15) is 24.1 Å². The van der Waals surface area contributed by atoms with Crippen LogP contribution in [0.3, 0.4) is 0 Å². The van der Waals surface area contributed by atoms with E-state index in [0.29, 0.717) is 6.42 Å². The number of thioether (sulfide) groups is 1. The van der Waals surface area contributed by atoms with Gasteiger partial charge in [0.2, 0.25) is 0 Å². The first kappa shape index (κ1) is 24.9. The van der Waals surface area contributed by atoms with Crippen molar-refractivity contribution in [2.45, 2.75) is 32.6 Å². The highest BCUT2D eigenvalue weighted by Gasteiger charge is 2.38. The molecule has 0 aromatic carbocycles. The Labute approximate surface area is 177 Å². The van der Waals surface area contributed by atoms with Crippen molar-refractivity contribution in [3.63, 3.8) is 0 Å². The van der Waals surface area contributed by atoms with Crippen LogP contribution in [0, 0.1) is 11.3 Å². The second kappa shape index (κ2) is 11.3. The van der Waals surface area contributed by atoms with Crippen LogP contribution in [0.1, 0.15) is 26.5 Å². The molecule has 0 aliphatic carbocycles. The summed E-state index contributed by atoms with van der Waals surface area (Å²) in [5.41, 5.74) is -2.01. The molecule has 0 bridgehead atoms. The molecule has 0 spiro atoms. The van der Waals surface area contributed by atoms with Gasteiger partial charge >= 0.3 is 13.9 Å². The fourth-order valence-corrected chi connectivity index (χ4v) is 4.17. The summed E-state index contributed by atoms with van der Waals surface area (Å²) >= 11 is 0.974. The quantitative estimate of drug-likeness (QED) is 0.309. The monoisotopic (exact) mass is 465 g/mol. The number of H-pyrrole nitrogens is 1. The number of nitrogens with zero attached hydrogens (tertiary/aromatic N) is 1. The number of aromatic nitrogens is 2. The Morgan fingerprint density at radius 3 is 2.77 bits per heavy atom. The highest BCUT2D eigenvalue weighted by Crippen LogP contribution is 2.35. The van der Waals surface area contributed by atoms with Crippen molar-refractivity contribution >= 4 is 25.1 Å². The van der Waals surface area contributed by atoms with E-state index < -0.39 is 37.3 Å². The van der Waals surface area contributed by atoms with Crippen LogP contribution in [0.4, 0.5) is 0 Å². The minimum atomic E-state index is -2.46. The van der Waals surface area contributed by atoms with Crippen LogP contribution < -0.4 is 11.2 Å². The SMILES string of the molecule is CC(C)(CO)C(=O)SCCO[P+](=O)OCC1OC(n2ccc(=O)[nH]c2=O)CC1CO. The summed E-state index contributed by atoms with van der Waals surface area (Å²) in [6, 6.07) is 1.19. The molecule has 13 heteroatoms. The molecule has 30 heavy (non-hydrogen) atoms. The summed E-state index contributed by atoms with van der Waals surface area (Å²) in [7, 11) is -2.46. The fraction of sp³-hybridized carbons (Fsp3) is 0.706. The molecule has 4 unspecified atom stereocenters. The maximum absolute atomic E-state index is 11.9. The van der Waals surface area contributed by atoms with Gasteiger partial charge in [0, 0.05) is 41.5 Å². The third-order valence-electron chi connectivity index (χ3n) is 4.56. The molecule has 168 valence electrons. The predicted molar refractivity (Wildman–Crippen MR) is 108 cm³/mol. The van der Waals surface area contributed by atoms with Gasteiger partial charge in [0.05, 0.1) is 18.1 Å². The smallest absolute Gasteiger partial charge is 0.396 e. The average molecular weight is 465 g/mol. The molecule has 2 rings (SSSR count). The zero-order valence-corrected chi connectivity index (χ0v) is 18.4. The highest BCUT2D eigenvalue weighted by atomic mass is 32.2. The van der Waals surface area contributed by atoms with Gasteiger partial charge in [-0.05, 0) is 13.8 Å². The van der Waals surface area contributed by atoms with E-state index in [0.717, 1.165) is 11.8 Å². The molecule has 0 saturated carbocycles. The second-order valence-corrected chi connectivity index (χ2v) is 9.39. The van der Waals surface area contributed by atoms with Crippen LogP contribution in [0.25, 0.3) is 0 Å². The predicted octanol–water partition coefficient (Wildman–Crippen LogP) is 0.401. The number of ether oxygens (including phenoxy) is 1. The topological polar surface area (TPSA) is 157 Å². The minimum absolute atomic E-state index is 0.0114. The van der Waals surface area contributed by atoms with Crippen molar-refractivity contribution in [3.05, 3.63) is 33.1 Å². The fourth-order valence-electron chi connectivity index (χ4n) is 2.66. The third kappa shape index (κ3) is 6.81. The van der Waals surface area contributed by atoms with E-state index in [4.69, 9.17) is 18.9 Å². The number of nitrogens with one attached hydrogen (secondary N) is 1. The summed E-state index contributed by atoms with van der Waals surface area (Å²) in [5, 5.41) is 18.5. The van der Waals surface area contributed by atoms with Crippen LogP contribution in [-0.4, -0.2) is 63.2 Å². The zero-order chi connectivity index (χ0) is 22.3. The van der Waals surface area contributed by atoms with Crippen LogP contribution >= 0.6 is 20.0 Å². The van der Waals surface area contributed by atoms with E-state index in [1.165, 1.54) is 16.8 Å². The number of hydrogen-bond acceptors (Lipinski definition) is 10. The van der Waals surface area contributed by atoms with E-state index in [1.54, 1.807) is 13.8 Å². The molecule has 1 saturated heterocycles. The Kier molecular flexibility index (Phi) is 9.35. The van der Waals surface area contributed by atoms with Gasteiger partial charge in [-0.1, -0.05) is 11.8 Å². The van der Waals surface area contributed by atoms with Crippen LogP contribution in [0.15, 0.2) is 21.9 Å². The van der Waals surface area contributed by atoms with Gasteiger partial charge in [-0.25, -0.2) is 4.79 Å². The number of aliphatic hydroxyl groups is 2. The van der Waals surface area contributed by atoms with Crippen molar-refractivity contribution < 1.29 is 33.4 Å². The summed E-state index contributed by atoms with van der Waals surface area (Å²) in [5.74, 6) is -0.102. The van der Waals surface area contributed by atoms with Crippen molar-refractivity contribution in [2.75, 3.05) is 32.2 Å². The summed E-state index contributed by atoms with van der Waals surface area (Å²) in [4.78, 5) is 37.1. The minimum Gasteiger partial charge on any atom is -0.396 e. The molecule has 3 N–H and O–H groups in total. The first-order valence-corrected chi connectivity index (χ1v) is 11.3. The summed E-state index contributed by atoms with van der Waals surface area (Å²) in [6.45, 7) is 2.65. The third-order valence-corrected chi connectivity index (χ3v) is 6.50. The highest BCUT2D eigenvalue weighted by molar-refractivity contribution is 8.13. The molecule has 1 aliphatic heterocycles. The molecular formula is C17H26N2O9PS+. The molecule has 1 aliphatic rings. The number of hydrogen-bond donors (Lipinski definition) is 3. The van der Waals surface area contributed by atoms with Crippen molar-refractivity contribution in [1.82, 2.24) is 9.55 Å². The Morgan fingerprint density at radius 1 is 1.40 bits per heavy atom. The van der Waals surface area contributed by atoms with E-state index in [2.05, 4.69) is 4.98 Å². The van der Waals surface area contributed by atoms with Crippen molar-refractivity contribution in [1.29, 1.82) is 0 Å². The number of rotatable bonds is 11. The molecule has 0 amide bonds. The van der Waals surface area contributed by atoms with E-state index >= 15 is 0 Å². The van der Waals surface area contributed by atoms with E-state index in [1.807, 2.05) is 0 Å². The molecule has 2 heterocycles. The number of carbonyl (C=O) groups is 1. The Balaban J connectivity index is 1.77. The van der Waals surface area contributed by atoms with Gasteiger partial charge in [0.25, 0.3) is 5.56 Å². The second-order valence-electron chi connectivity index (χ2n) is 7.36. The van der Waals surface area contributed by atoms with Gasteiger partial charge in [-0.3, -0.25) is 19.1 Å². The first-order chi connectivity index (χ1) is 14.2. The maximum atomic E-state index is 11.9. The molecular weight excluding hydrogens is 439 g/mol. The first-order valence-electron chi connectivity index (χ1n) is 9.27. The lowest BCUT2D eigenvalue weighted by atomic mass is 9.97. The normalized spacial score (nSPS) is 22.3. The van der Waals surface area contributed by atoms with Gasteiger partial charge in [-0.15, -0.1) is 9.05 Å². The van der Waals surface area contributed by atoms with Crippen LogP contribution in [0.2, 0.25) is 0 Å². The van der Waals surface area contributed by atoms with Gasteiger partial charge < -0.3 is 14.9 Å². The number of aromatic amines is 1. The molecule has 1 aromatic rings. The maximum Gasteiger partial charge on any atom is 0.697 e.